The van der Waals surface area contributed by atoms with E-state index in [1.165, 1.54) is 0 Å². The molecule has 0 aliphatic carbocycles. The number of hydrogen-bond donors (Lipinski definition) is 1. The molecule has 1 fully saturated rings. The predicted molar refractivity (Wildman–Crippen MR) is 171 cm³/mol. The van der Waals surface area contributed by atoms with Gasteiger partial charge in [0.1, 0.15) is 11.6 Å². The first-order valence-corrected chi connectivity index (χ1v) is 15.2. The van der Waals surface area contributed by atoms with Crippen molar-refractivity contribution in [2.45, 2.75) is 26.3 Å². The van der Waals surface area contributed by atoms with Crippen LogP contribution >= 0.6 is 11.6 Å². The Balaban J connectivity index is 1.34. The first-order chi connectivity index (χ1) is 21.3. The maximum atomic E-state index is 13.9. The topological polar surface area (TPSA) is 103 Å². The molecule has 1 saturated heterocycles. The molecule has 1 aliphatic heterocycles. The molecule has 10 heteroatoms. The molecular weight excluding hydrogens is 580 g/mol. The Morgan fingerprint density at radius 3 is 2.27 bits per heavy atom. The Morgan fingerprint density at radius 1 is 0.909 bits per heavy atom. The van der Waals surface area contributed by atoms with Crippen LogP contribution in [0.4, 0.5) is 5.69 Å². The highest BCUT2D eigenvalue weighted by molar-refractivity contribution is 6.30. The fourth-order valence-corrected chi connectivity index (χ4v) is 5.63. The van der Waals surface area contributed by atoms with Crippen molar-refractivity contribution in [3.63, 3.8) is 0 Å². The summed E-state index contributed by atoms with van der Waals surface area (Å²) < 4.78 is 5.73. The first-order valence-electron chi connectivity index (χ1n) is 14.8. The molecule has 0 spiro atoms. The van der Waals surface area contributed by atoms with Gasteiger partial charge in [0.2, 0.25) is 5.91 Å². The van der Waals surface area contributed by atoms with Gasteiger partial charge in [-0.15, -0.1) is 0 Å². The molecular formula is C34H35ClN4O5. The summed E-state index contributed by atoms with van der Waals surface area (Å²) in [5.41, 5.74) is 2.25. The van der Waals surface area contributed by atoms with Crippen molar-refractivity contribution in [2.24, 2.45) is 0 Å². The molecule has 1 N–H and O–H groups in total. The molecule has 1 aliphatic rings. The van der Waals surface area contributed by atoms with Crippen LogP contribution in [0.1, 0.15) is 40.3 Å². The minimum absolute atomic E-state index is 0.0183. The number of halogens is 1. The fourth-order valence-electron chi connectivity index (χ4n) is 5.50. The summed E-state index contributed by atoms with van der Waals surface area (Å²) in [5.74, 6) is -1.08. The largest absolute Gasteiger partial charge is 0.451 e. The third kappa shape index (κ3) is 6.78. The van der Waals surface area contributed by atoms with E-state index in [-0.39, 0.29) is 29.4 Å². The molecule has 2 heterocycles. The molecule has 3 aromatic carbocycles. The molecule has 0 unspecified atom stereocenters. The molecule has 0 saturated carbocycles. The van der Waals surface area contributed by atoms with E-state index >= 15 is 0 Å². The smallest absolute Gasteiger partial charge is 0.287 e. The van der Waals surface area contributed by atoms with Crippen molar-refractivity contribution in [3.8, 4) is 0 Å². The van der Waals surface area contributed by atoms with Crippen LogP contribution in [-0.2, 0) is 11.2 Å². The second-order valence-electron chi connectivity index (χ2n) is 10.6. The Kier molecular flexibility index (Phi) is 9.65. The van der Waals surface area contributed by atoms with E-state index < -0.39 is 11.9 Å². The summed E-state index contributed by atoms with van der Waals surface area (Å²) in [5, 5.41) is 3.75. The van der Waals surface area contributed by atoms with Crippen LogP contribution in [0.15, 0.2) is 88.1 Å². The Labute approximate surface area is 261 Å². The Morgan fingerprint density at radius 2 is 1.57 bits per heavy atom. The molecule has 3 amide bonds. The van der Waals surface area contributed by atoms with Gasteiger partial charge in [-0.1, -0.05) is 48.0 Å². The monoisotopic (exact) mass is 614 g/mol. The highest BCUT2D eigenvalue weighted by atomic mass is 35.5. The lowest BCUT2D eigenvalue weighted by atomic mass is 10.0. The first kappa shape index (κ1) is 30.8. The third-order valence-corrected chi connectivity index (χ3v) is 8.18. The standard InChI is InChI=1S/C34H35ClN4O5/c1-3-37(4-2)33(42)25-9-5-7-11-28(25)38-17-19-39(20-18-38)34(43)27(21-23-13-15-24(35)16-14-23)36-32(41)31-22-29(40)26-10-6-8-12-30(26)44-31/h5-16,22,27H,3-4,17-21H2,1-2H3,(H,36,41)/t27-/m1/s1. The lowest BCUT2D eigenvalue weighted by molar-refractivity contribution is -0.133. The van der Waals surface area contributed by atoms with Crippen molar-refractivity contribution in [2.75, 3.05) is 44.2 Å². The van der Waals surface area contributed by atoms with Gasteiger partial charge in [-0.3, -0.25) is 19.2 Å². The minimum Gasteiger partial charge on any atom is -0.451 e. The van der Waals surface area contributed by atoms with Gasteiger partial charge >= 0.3 is 0 Å². The SMILES string of the molecule is CCN(CC)C(=O)c1ccccc1N1CCN(C(=O)[C@@H](Cc2ccc(Cl)cc2)NC(=O)c2cc(=O)c3ccccc3o2)CC1. The molecule has 0 radical (unpaired) electrons. The van der Waals surface area contributed by atoms with Crippen LogP contribution in [-0.4, -0.2) is 72.8 Å². The number of carbonyl (C=O) groups is 3. The lowest BCUT2D eigenvalue weighted by Crippen LogP contribution is -2.55. The Hall–Kier alpha value is -4.63. The zero-order chi connectivity index (χ0) is 31.2. The van der Waals surface area contributed by atoms with Gasteiger partial charge < -0.3 is 24.4 Å². The minimum atomic E-state index is -0.913. The summed E-state index contributed by atoms with van der Waals surface area (Å²) in [4.78, 5) is 58.7. The van der Waals surface area contributed by atoms with Crippen LogP contribution in [0.5, 0.6) is 0 Å². The van der Waals surface area contributed by atoms with Crippen LogP contribution in [0, 0.1) is 0 Å². The molecule has 1 atom stereocenters. The summed E-state index contributed by atoms with van der Waals surface area (Å²) in [6.45, 7) is 7.02. The van der Waals surface area contributed by atoms with Gasteiger partial charge in [-0.25, -0.2) is 0 Å². The van der Waals surface area contributed by atoms with Gasteiger partial charge in [0, 0.05) is 62.5 Å². The summed E-state index contributed by atoms with van der Waals surface area (Å²) >= 11 is 6.07. The van der Waals surface area contributed by atoms with Gasteiger partial charge in [-0.05, 0) is 55.8 Å². The van der Waals surface area contributed by atoms with Crippen molar-refractivity contribution < 1.29 is 18.8 Å². The average Bonchev–Trinajstić information content (AvgIpc) is 3.05. The number of para-hydroxylation sites is 2. The lowest BCUT2D eigenvalue weighted by Gasteiger charge is -2.38. The van der Waals surface area contributed by atoms with Crippen molar-refractivity contribution in [1.29, 1.82) is 0 Å². The fraction of sp³-hybridized carbons (Fsp3) is 0.294. The number of piperazine rings is 1. The highest BCUT2D eigenvalue weighted by Crippen LogP contribution is 2.24. The molecule has 1 aromatic heterocycles. The number of fused-ring (bicyclic) bond motifs is 1. The molecule has 228 valence electrons. The molecule has 44 heavy (non-hydrogen) atoms. The number of hydrogen-bond acceptors (Lipinski definition) is 6. The van der Waals surface area contributed by atoms with Gasteiger partial charge in [0.15, 0.2) is 11.2 Å². The van der Waals surface area contributed by atoms with Crippen LogP contribution < -0.4 is 15.6 Å². The maximum Gasteiger partial charge on any atom is 0.287 e. The Bertz CT molecular complexity index is 1710. The van der Waals surface area contributed by atoms with Crippen molar-refractivity contribution in [3.05, 3.63) is 111 Å². The van der Waals surface area contributed by atoms with E-state index in [2.05, 4.69) is 10.2 Å². The van der Waals surface area contributed by atoms with Crippen LogP contribution in [0.3, 0.4) is 0 Å². The van der Waals surface area contributed by atoms with Crippen molar-refractivity contribution in [1.82, 2.24) is 15.1 Å². The van der Waals surface area contributed by atoms with E-state index in [0.717, 1.165) is 17.3 Å². The number of carbonyl (C=O) groups excluding carboxylic acids is 3. The highest BCUT2D eigenvalue weighted by Gasteiger charge is 2.31. The second-order valence-corrected chi connectivity index (χ2v) is 11.1. The van der Waals surface area contributed by atoms with Gasteiger partial charge in [0.25, 0.3) is 11.8 Å². The predicted octanol–water partition coefficient (Wildman–Crippen LogP) is 4.62. The second kappa shape index (κ2) is 13.8. The van der Waals surface area contributed by atoms with E-state index in [1.54, 1.807) is 46.2 Å². The average molecular weight is 615 g/mol. The number of nitrogens with one attached hydrogen (secondary N) is 1. The van der Waals surface area contributed by atoms with Crippen molar-refractivity contribution >= 4 is 46.0 Å². The summed E-state index contributed by atoms with van der Waals surface area (Å²) in [7, 11) is 0. The van der Waals surface area contributed by atoms with Gasteiger partial charge in [-0.2, -0.15) is 0 Å². The van der Waals surface area contributed by atoms with E-state index in [4.69, 9.17) is 16.0 Å². The zero-order valence-electron chi connectivity index (χ0n) is 24.8. The zero-order valence-corrected chi connectivity index (χ0v) is 25.5. The van der Waals surface area contributed by atoms with Crippen LogP contribution in [0.25, 0.3) is 11.0 Å². The number of anilines is 1. The summed E-state index contributed by atoms with van der Waals surface area (Å²) in [6, 6.07) is 21.6. The number of rotatable bonds is 9. The molecule has 9 nitrogen and oxygen atoms in total. The van der Waals surface area contributed by atoms with Crippen LogP contribution in [0.2, 0.25) is 5.02 Å². The number of amides is 3. The quantitative estimate of drug-likeness (QED) is 0.295. The normalized spacial score (nSPS) is 13.9. The van der Waals surface area contributed by atoms with E-state index in [9.17, 15) is 19.2 Å². The third-order valence-electron chi connectivity index (χ3n) is 7.93. The van der Waals surface area contributed by atoms with E-state index in [1.807, 2.05) is 50.2 Å². The molecule has 5 rings (SSSR count). The van der Waals surface area contributed by atoms with Gasteiger partial charge in [0.05, 0.1) is 10.9 Å². The maximum absolute atomic E-state index is 13.9. The summed E-state index contributed by atoms with van der Waals surface area (Å²) in [6.07, 6.45) is 0.223. The molecule has 4 aromatic rings. The number of nitrogens with zero attached hydrogens (tertiary/aromatic N) is 3. The number of benzene rings is 3. The van der Waals surface area contributed by atoms with E-state index in [0.29, 0.717) is 60.8 Å². The molecule has 0 bridgehead atoms.